The van der Waals surface area contributed by atoms with Gasteiger partial charge in [0.1, 0.15) is 17.8 Å². The summed E-state index contributed by atoms with van der Waals surface area (Å²) in [6.07, 6.45) is -0.365. The Morgan fingerprint density at radius 3 is 3.06 bits per heavy atom. The van der Waals surface area contributed by atoms with E-state index in [4.69, 9.17) is 27.5 Å². The fraction of sp³-hybridized carbons (Fsp3) is 0.417. The molecule has 0 spiro atoms. The van der Waals surface area contributed by atoms with Crippen LogP contribution in [0, 0.1) is 11.2 Å². The highest BCUT2D eigenvalue weighted by Crippen LogP contribution is 2.17. The average Bonchev–Trinajstić information content (AvgIpc) is 2.34. The van der Waals surface area contributed by atoms with Gasteiger partial charge in [0.05, 0.1) is 11.6 Å². The van der Waals surface area contributed by atoms with Crippen molar-refractivity contribution in [2.45, 2.75) is 12.6 Å². The molecule has 0 amide bonds. The Labute approximate surface area is 110 Å². The van der Waals surface area contributed by atoms with Crippen molar-refractivity contribution < 1.29 is 9.13 Å². The van der Waals surface area contributed by atoms with Gasteiger partial charge in [-0.25, -0.2) is 4.39 Å². The zero-order valence-electron chi connectivity index (χ0n) is 9.83. The van der Waals surface area contributed by atoms with Crippen LogP contribution in [0.1, 0.15) is 5.56 Å². The van der Waals surface area contributed by atoms with Crippen LogP contribution < -0.4 is 5.73 Å². The molecule has 0 radical (unpaired) electrons. The summed E-state index contributed by atoms with van der Waals surface area (Å²) in [6.45, 7) is 2.43. The molecule has 18 heavy (non-hydrogen) atoms. The molecule has 1 aromatic rings. The first kappa shape index (κ1) is 13.3. The number of ether oxygens (including phenoxy) is 1. The predicted molar refractivity (Wildman–Crippen MR) is 68.3 cm³/mol. The number of morpholine rings is 1. The first-order valence-corrected chi connectivity index (χ1v) is 6.06. The molecule has 4 nitrogen and oxygen atoms in total. The quantitative estimate of drug-likeness (QED) is 0.649. The average molecular weight is 272 g/mol. The van der Waals surface area contributed by atoms with Crippen molar-refractivity contribution in [3.8, 4) is 0 Å². The molecule has 0 aliphatic carbocycles. The fourth-order valence-electron chi connectivity index (χ4n) is 1.93. The van der Waals surface area contributed by atoms with Crippen molar-refractivity contribution in [3.05, 3.63) is 34.6 Å². The molecule has 1 fully saturated rings. The van der Waals surface area contributed by atoms with E-state index in [1.165, 1.54) is 6.07 Å². The molecule has 0 aromatic heterocycles. The van der Waals surface area contributed by atoms with Crippen LogP contribution in [-0.2, 0) is 11.3 Å². The molecule has 98 valence electrons. The summed E-state index contributed by atoms with van der Waals surface area (Å²) in [4.78, 5) is 2.08. The molecule has 1 aliphatic rings. The SMILES string of the molecule is N=C(N)C1CN(Cc2ccc(Cl)c(F)c2)CCO1. The number of nitrogens with one attached hydrogen (secondary N) is 1. The maximum atomic E-state index is 13.3. The lowest BCUT2D eigenvalue weighted by Gasteiger charge is -2.32. The highest BCUT2D eigenvalue weighted by atomic mass is 35.5. The van der Waals surface area contributed by atoms with Crippen molar-refractivity contribution >= 4 is 17.4 Å². The molecule has 0 saturated carbocycles. The summed E-state index contributed by atoms with van der Waals surface area (Å²) in [7, 11) is 0. The molecule has 0 bridgehead atoms. The smallest absolute Gasteiger partial charge is 0.142 e. The van der Waals surface area contributed by atoms with E-state index < -0.39 is 5.82 Å². The van der Waals surface area contributed by atoms with E-state index in [-0.39, 0.29) is 17.0 Å². The normalized spacial score (nSPS) is 20.9. The van der Waals surface area contributed by atoms with Gasteiger partial charge in [-0.05, 0) is 17.7 Å². The van der Waals surface area contributed by atoms with E-state index in [9.17, 15) is 4.39 Å². The second kappa shape index (κ2) is 5.65. The van der Waals surface area contributed by atoms with E-state index in [2.05, 4.69) is 4.90 Å². The first-order chi connectivity index (χ1) is 8.56. The van der Waals surface area contributed by atoms with Crippen molar-refractivity contribution in [2.75, 3.05) is 19.7 Å². The molecule has 3 N–H and O–H groups in total. The zero-order chi connectivity index (χ0) is 13.1. The molecule has 1 heterocycles. The van der Waals surface area contributed by atoms with Crippen molar-refractivity contribution in [2.24, 2.45) is 5.73 Å². The number of hydrogen-bond acceptors (Lipinski definition) is 3. The molecule has 2 rings (SSSR count). The van der Waals surface area contributed by atoms with E-state index in [0.717, 1.165) is 12.1 Å². The molecular weight excluding hydrogens is 257 g/mol. The minimum Gasteiger partial charge on any atom is -0.385 e. The fourth-order valence-corrected chi connectivity index (χ4v) is 2.05. The Morgan fingerprint density at radius 2 is 2.39 bits per heavy atom. The van der Waals surface area contributed by atoms with Gasteiger partial charge in [0.25, 0.3) is 0 Å². The minimum atomic E-state index is -0.412. The van der Waals surface area contributed by atoms with E-state index in [0.29, 0.717) is 19.7 Å². The molecule has 1 aliphatic heterocycles. The Kier molecular flexibility index (Phi) is 4.16. The van der Waals surface area contributed by atoms with Crippen molar-refractivity contribution in [3.63, 3.8) is 0 Å². The Hall–Kier alpha value is -1.17. The molecular formula is C12H15ClFN3O. The van der Waals surface area contributed by atoms with Crippen LogP contribution in [-0.4, -0.2) is 36.5 Å². The highest BCUT2D eigenvalue weighted by molar-refractivity contribution is 6.30. The summed E-state index contributed by atoms with van der Waals surface area (Å²) in [5.41, 5.74) is 6.27. The lowest BCUT2D eigenvalue weighted by molar-refractivity contribution is 0.00234. The Balaban J connectivity index is 2.00. The predicted octanol–water partition coefficient (Wildman–Crippen LogP) is 1.62. The molecule has 1 atom stereocenters. The molecule has 1 unspecified atom stereocenters. The van der Waals surface area contributed by atoms with Gasteiger partial charge >= 0.3 is 0 Å². The van der Waals surface area contributed by atoms with E-state index in [1.807, 2.05) is 0 Å². The third-order valence-corrected chi connectivity index (χ3v) is 3.19. The minimum absolute atomic E-state index is 0.0296. The Bertz CT molecular complexity index is 455. The third-order valence-electron chi connectivity index (χ3n) is 2.89. The summed E-state index contributed by atoms with van der Waals surface area (Å²) in [5, 5.41) is 7.50. The lowest BCUT2D eigenvalue weighted by atomic mass is 10.2. The number of nitrogens with two attached hydrogens (primary N) is 1. The number of nitrogens with zero attached hydrogens (tertiary/aromatic N) is 1. The lowest BCUT2D eigenvalue weighted by Crippen LogP contribution is -2.47. The molecule has 1 aromatic carbocycles. The maximum absolute atomic E-state index is 13.3. The highest BCUT2D eigenvalue weighted by Gasteiger charge is 2.22. The van der Waals surface area contributed by atoms with Gasteiger partial charge in [-0.15, -0.1) is 0 Å². The van der Waals surface area contributed by atoms with Crippen LogP contribution in [0.4, 0.5) is 4.39 Å². The number of rotatable bonds is 3. The van der Waals surface area contributed by atoms with Crippen LogP contribution in [0.3, 0.4) is 0 Å². The van der Waals surface area contributed by atoms with Gasteiger partial charge in [0.2, 0.25) is 0 Å². The molecule has 6 heteroatoms. The van der Waals surface area contributed by atoms with Crippen LogP contribution in [0.5, 0.6) is 0 Å². The van der Waals surface area contributed by atoms with Gasteiger partial charge < -0.3 is 10.5 Å². The number of hydrogen-bond donors (Lipinski definition) is 2. The van der Waals surface area contributed by atoms with Crippen LogP contribution in [0.15, 0.2) is 18.2 Å². The maximum Gasteiger partial charge on any atom is 0.142 e. The van der Waals surface area contributed by atoms with Crippen LogP contribution in [0.2, 0.25) is 5.02 Å². The summed E-state index contributed by atoms with van der Waals surface area (Å²) in [6, 6.07) is 4.78. The number of amidine groups is 1. The van der Waals surface area contributed by atoms with Gasteiger partial charge in [-0.3, -0.25) is 10.3 Å². The topological polar surface area (TPSA) is 62.3 Å². The van der Waals surface area contributed by atoms with Gasteiger partial charge in [-0.1, -0.05) is 17.7 Å². The largest absolute Gasteiger partial charge is 0.385 e. The zero-order valence-corrected chi connectivity index (χ0v) is 10.6. The second-order valence-corrected chi connectivity index (χ2v) is 4.71. The summed E-state index contributed by atoms with van der Waals surface area (Å²) in [5.74, 6) is -0.382. The van der Waals surface area contributed by atoms with E-state index in [1.54, 1.807) is 12.1 Å². The van der Waals surface area contributed by atoms with Crippen molar-refractivity contribution in [1.82, 2.24) is 4.90 Å². The summed E-state index contributed by atoms with van der Waals surface area (Å²) >= 11 is 5.63. The number of benzene rings is 1. The van der Waals surface area contributed by atoms with Gasteiger partial charge in [0, 0.05) is 19.6 Å². The van der Waals surface area contributed by atoms with Crippen molar-refractivity contribution in [1.29, 1.82) is 5.41 Å². The van der Waals surface area contributed by atoms with Gasteiger partial charge in [0.15, 0.2) is 0 Å². The second-order valence-electron chi connectivity index (χ2n) is 4.30. The monoisotopic (exact) mass is 271 g/mol. The third kappa shape index (κ3) is 3.19. The standard InChI is InChI=1S/C12H15ClFN3O/c13-9-2-1-8(5-10(9)14)6-17-3-4-18-11(7-17)12(15)16/h1-2,5,11H,3-4,6-7H2,(H3,15,16). The van der Waals surface area contributed by atoms with Crippen LogP contribution in [0.25, 0.3) is 0 Å². The Morgan fingerprint density at radius 1 is 1.61 bits per heavy atom. The molecule has 1 saturated heterocycles. The van der Waals surface area contributed by atoms with Gasteiger partial charge in [-0.2, -0.15) is 0 Å². The van der Waals surface area contributed by atoms with Crippen LogP contribution >= 0.6 is 11.6 Å². The first-order valence-electron chi connectivity index (χ1n) is 5.68. The number of halogens is 2. The van der Waals surface area contributed by atoms with E-state index >= 15 is 0 Å². The summed E-state index contributed by atoms with van der Waals surface area (Å²) < 4.78 is 18.7.